The number of aromatic amines is 2. The van der Waals surface area contributed by atoms with Gasteiger partial charge in [-0.15, -0.1) is 0 Å². The average molecular weight is 454 g/mol. The lowest BCUT2D eigenvalue weighted by Crippen LogP contribution is -2.47. The first kappa shape index (κ1) is 20.9. The molecule has 3 rings (SSSR count). The molecule has 0 saturated carbocycles. The van der Waals surface area contributed by atoms with Crippen molar-refractivity contribution >= 4 is 27.6 Å². The number of carbonyl (C=O) groups is 2. The van der Waals surface area contributed by atoms with Gasteiger partial charge in [0.25, 0.3) is 11.5 Å². The summed E-state index contributed by atoms with van der Waals surface area (Å²) in [5.74, 6) is -5.14. The number of carbonyl (C=O) groups excluding carboxylic acids is 2. The third kappa shape index (κ3) is 3.82. The van der Waals surface area contributed by atoms with E-state index in [1.807, 2.05) is 9.97 Å². The first-order valence-corrected chi connectivity index (χ1v) is 8.37. The summed E-state index contributed by atoms with van der Waals surface area (Å²) in [6, 6.07) is 5.98. The van der Waals surface area contributed by atoms with Crippen LogP contribution in [0.25, 0.3) is 0 Å². The first-order valence-electron chi connectivity index (χ1n) is 7.58. The van der Waals surface area contributed by atoms with Crippen LogP contribution in [0.1, 0.15) is 21.8 Å². The van der Waals surface area contributed by atoms with E-state index < -0.39 is 51.8 Å². The van der Waals surface area contributed by atoms with Crippen LogP contribution < -0.4 is 33.1 Å². The maximum Gasteiger partial charge on any atom is 0.328 e. The average Bonchev–Trinajstić information content (AvgIpc) is 2.59. The number of nitrogens with one attached hydrogen (secondary N) is 4. The van der Waals surface area contributed by atoms with Crippen LogP contribution in [0.15, 0.2) is 49.8 Å². The monoisotopic (exact) mass is 453 g/mol. The van der Waals surface area contributed by atoms with Crippen molar-refractivity contribution in [1.29, 1.82) is 0 Å². The van der Waals surface area contributed by atoms with Gasteiger partial charge in [0.1, 0.15) is 0 Å². The van der Waals surface area contributed by atoms with Gasteiger partial charge in [-0.25, -0.2) is 4.79 Å². The van der Waals surface area contributed by atoms with Crippen molar-refractivity contribution in [3.8, 4) is 5.88 Å². The van der Waals surface area contributed by atoms with Crippen LogP contribution >= 0.6 is 15.9 Å². The summed E-state index contributed by atoms with van der Waals surface area (Å²) in [6.45, 7) is -0.145. The first-order chi connectivity index (χ1) is 12.8. The fraction of sp³-hybridized carbons (Fsp3) is 0.125. The van der Waals surface area contributed by atoms with E-state index in [9.17, 15) is 29.4 Å². The highest BCUT2D eigenvalue weighted by atomic mass is 79.9. The van der Waals surface area contributed by atoms with Crippen molar-refractivity contribution in [2.45, 2.75) is 5.92 Å². The summed E-state index contributed by atoms with van der Waals surface area (Å²) >= 11 is 3.22. The second kappa shape index (κ2) is 8.10. The van der Waals surface area contributed by atoms with Gasteiger partial charge in [0, 0.05) is 15.6 Å². The molecule has 1 amide bonds. The number of H-pyrrole nitrogens is 2. The van der Waals surface area contributed by atoms with Gasteiger partial charge in [-0.2, -0.15) is 0 Å². The smallest absolute Gasteiger partial charge is 0.328 e. The van der Waals surface area contributed by atoms with Crippen LogP contribution in [-0.4, -0.2) is 33.4 Å². The molecule has 1 aliphatic heterocycles. The van der Waals surface area contributed by atoms with E-state index in [2.05, 4.69) is 26.6 Å². The molecule has 1 atom stereocenters. The molecule has 1 unspecified atom stereocenters. The Bertz CT molecular complexity index is 1070. The molecule has 1 aromatic carbocycles. The van der Waals surface area contributed by atoms with Gasteiger partial charge in [0.2, 0.25) is 5.88 Å². The van der Waals surface area contributed by atoms with Crippen LogP contribution in [0.3, 0.4) is 0 Å². The molecule has 1 aliphatic rings. The van der Waals surface area contributed by atoms with Crippen molar-refractivity contribution in [2.75, 3.05) is 6.67 Å². The number of halogens is 1. The van der Waals surface area contributed by atoms with Crippen LogP contribution in [0.4, 0.5) is 0 Å². The summed E-state index contributed by atoms with van der Waals surface area (Å²) in [5.41, 5.74) is -3.18. The van der Waals surface area contributed by atoms with Crippen LogP contribution in [0, 0.1) is 0 Å². The van der Waals surface area contributed by atoms with Gasteiger partial charge >= 0.3 is 5.69 Å². The third-order valence-electron chi connectivity index (χ3n) is 3.91. The minimum absolute atomic E-state index is 0. The number of hydrogen-bond donors (Lipinski definition) is 6. The molecule has 2 heterocycles. The van der Waals surface area contributed by atoms with Crippen LogP contribution in [-0.2, 0) is 4.79 Å². The third-order valence-corrected chi connectivity index (χ3v) is 4.44. The largest absolute Gasteiger partial charge is 0.860 e. The normalized spacial score (nSPS) is 14.5. The lowest BCUT2D eigenvalue weighted by Gasteiger charge is -2.30. The number of rotatable bonds is 4. The molecule has 0 saturated heterocycles. The molecule has 0 fully saturated rings. The Hall–Kier alpha value is -3.38. The molecule has 0 radical (unpaired) electrons. The second-order valence-electron chi connectivity index (χ2n) is 5.58. The van der Waals surface area contributed by atoms with E-state index in [0.29, 0.717) is 4.47 Å². The highest BCUT2D eigenvalue weighted by Gasteiger charge is 2.36. The minimum Gasteiger partial charge on any atom is -0.860 e. The molecule has 148 valence electrons. The van der Waals surface area contributed by atoms with Gasteiger partial charge < -0.3 is 27.0 Å². The zero-order chi connectivity index (χ0) is 19.7. The minimum atomic E-state index is -1.73. The van der Waals surface area contributed by atoms with Gasteiger partial charge in [-0.1, -0.05) is 28.1 Å². The standard InChI is InChI=1S/C16H13BrN4O6.H3N/c17-7-3-1-6(2-4-7)11(22)8(9-12(23)18-5-19-13(9)24)10-14(25)20-16(27)21-15(10)26;/h1-4,8,18,23H,5H2,(H,19,24)(H3,20,21,25,26,27);1H3. The number of hydrogen-bond acceptors (Lipinski definition) is 7. The number of aromatic nitrogens is 2. The number of ketones is 1. The molecular weight excluding hydrogens is 438 g/mol. The summed E-state index contributed by atoms with van der Waals surface area (Å²) in [4.78, 5) is 52.8. The van der Waals surface area contributed by atoms with E-state index in [1.165, 1.54) is 12.1 Å². The lowest BCUT2D eigenvalue weighted by molar-refractivity contribution is -0.314. The molecule has 28 heavy (non-hydrogen) atoms. The highest BCUT2D eigenvalue weighted by Crippen LogP contribution is 2.32. The number of amides is 1. The SMILES string of the molecule is O=C1NCNC([O-])=C1C(C(=O)c1ccc(Br)cc1)c1c(O)[nH]c(=O)[nH]c1=O.[NH4+]. The predicted octanol–water partition coefficient (Wildman–Crippen LogP) is -0.877. The van der Waals surface area contributed by atoms with Gasteiger partial charge in [-0.05, 0) is 18.0 Å². The van der Waals surface area contributed by atoms with E-state index in [1.54, 1.807) is 12.1 Å². The zero-order valence-electron chi connectivity index (χ0n) is 14.5. The van der Waals surface area contributed by atoms with Crippen molar-refractivity contribution in [1.82, 2.24) is 26.8 Å². The van der Waals surface area contributed by atoms with Crippen molar-refractivity contribution in [3.05, 3.63) is 72.2 Å². The summed E-state index contributed by atoms with van der Waals surface area (Å²) in [6.07, 6.45) is 0. The quantitative estimate of drug-likeness (QED) is 0.322. The van der Waals surface area contributed by atoms with Gasteiger partial charge in [-0.3, -0.25) is 24.4 Å². The molecule has 12 heteroatoms. The number of quaternary nitrogens is 1. The fourth-order valence-corrected chi connectivity index (χ4v) is 2.96. The van der Waals surface area contributed by atoms with Gasteiger partial charge in [0.05, 0.1) is 18.2 Å². The Balaban J connectivity index is 0.00000280. The van der Waals surface area contributed by atoms with E-state index in [-0.39, 0.29) is 18.4 Å². The van der Waals surface area contributed by atoms with E-state index in [4.69, 9.17) is 0 Å². The van der Waals surface area contributed by atoms with E-state index >= 15 is 0 Å². The highest BCUT2D eigenvalue weighted by molar-refractivity contribution is 9.10. The molecule has 0 aliphatic carbocycles. The Morgan fingerprint density at radius 1 is 1.11 bits per heavy atom. The summed E-state index contributed by atoms with van der Waals surface area (Å²) < 4.78 is 0.682. The van der Waals surface area contributed by atoms with Crippen LogP contribution in [0.2, 0.25) is 0 Å². The maximum absolute atomic E-state index is 13.1. The molecule has 9 N–H and O–H groups in total. The predicted molar refractivity (Wildman–Crippen MR) is 99.7 cm³/mol. The molecule has 0 bridgehead atoms. The Morgan fingerprint density at radius 3 is 2.32 bits per heavy atom. The molecule has 2 aromatic rings. The maximum atomic E-state index is 13.1. The van der Waals surface area contributed by atoms with Crippen molar-refractivity contribution in [2.24, 2.45) is 0 Å². The summed E-state index contributed by atoms with van der Waals surface area (Å²) in [5, 5.41) is 27.0. The Labute approximate surface area is 165 Å². The van der Waals surface area contributed by atoms with Crippen molar-refractivity contribution < 1.29 is 19.8 Å². The topological polar surface area (TPSA) is 204 Å². The number of benzene rings is 1. The zero-order valence-corrected chi connectivity index (χ0v) is 16.0. The molecular formula is C16H16BrN5O6. The van der Waals surface area contributed by atoms with Crippen molar-refractivity contribution in [3.63, 3.8) is 0 Å². The number of aromatic hydroxyl groups is 1. The number of Topliss-reactive ketones (excluding diaryl/α,β-unsaturated/α-hetero) is 1. The fourth-order valence-electron chi connectivity index (χ4n) is 2.70. The van der Waals surface area contributed by atoms with Crippen LogP contribution in [0.5, 0.6) is 5.88 Å². The molecule has 0 spiro atoms. The Morgan fingerprint density at radius 2 is 1.75 bits per heavy atom. The molecule has 1 aromatic heterocycles. The van der Waals surface area contributed by atoms with E-state index in [0.717, 1.165) is 0 Å². The summed E-state index contributed by atoms with van der Waals surface area (Å²) in [7, 11) is 0. The Kier molecular flexibility index (Phi) is 6.06. The molecule has 11 nitrogen and oxygen atoms in total. The second-order valence-corrected chi connectivity index (χ2v) is 6.49. The van der Waals surface area contributed by atoms with Gasteiger partial charge in [0.15, 0.2) is 5.78 Å². The lowest BCUT2D eigenvalue weighted by atomic mass is 9.84.